The minimum atomic E-state index is -1.000. The monoisotopic (exact) mass is 319 g/mol. The van der Waals surface area contributed by atoms with Gasteiger partial charge >= 0.3 is 5.97 Å². The molecule has 0 radical (unpaired) electrons. The number of anilines is 1. The highest BCUT2D eigenvalue weighted by Gasteiger charge is 2.07. The van der Waals surface area contributed by atoms with E-state index < -0.39 is 5.97 Å². The smallest absolute Gasteiger partial charge is 0.335 e. The molecule has 0 spiro atoms. The van der Waals surface area contributed by atoms with Crippen LogP contribution in [-0.2, 0) is 4.79 Å². The van der Waals surface area contributed by atoms with Gasteiger partial charge in [0, 0.05) is 15.7 Å². The molecule has 0 aliphatic rings. The zero-order chi connectivity index (χ0) is 11.4. The Morgan fingerprint density at radius 2 is 2.07 bits per heavy atom. The van der Waals surface area contributed by atoms with Crippen molar-refractivity contribution >= 4 is 40.2 Å². The van der Waals surface area contributed by atoms with Gasteiger partial charge in [0.15, 0.2) is 0 Å². The molecule has 0 heterocycles. The van der Waals surface area contributed by atoms with E-state index in [4.69, 9.17) is 5.11 Å². The number of halogens is 1. The third kappa shape index (κ3) is 3.50. The molecule has 4 nitrogen and oxygen atoms in total. The zero-order valence-electron chi connectivity index (χ0n) is 8.08. The van der Waals surface area contributed by atoms with Crippen LogP contribution in [0.3, 0.4) is 0 Å². The summed E-state index contributed by atoms with van der Waals surface area (Å²) in [6.45, 7) is 1.74. The second-order valence-corrected chi connectivity index (χ2v) is 4.18. The molecule has 1 aromatic carbocycles. The van der Waals surface area contributed by atoms with Crippen molar-refractivity contribution in [1.29, 1.82) is 0 Å². The molecule has 0 aliphatic heterocycles. The number of rotatable bonds is 3. The van der Waals surface area contributed by atoms with Gasteiger partial charge in [0.1, 0.15) is 0 Å². The van der Waals surface area contributed by atoms with Crippen molar-refractivity contribution in [2.75, 3.05) is 5.32 Å². The van der Waals surface area contributed by atoms with Crippen molar-refractivity contribution in [2.45, 2.75) is 13.3 Å². The van der Waals surface area contributed by atoms with Crippen LogP contribution in [-0.4, -0.2) is 17.0 Å². The molecule has 5 heteroatoms. The molecular formula is C10H10INO3. The summed E-state index contributed by atoms with van der Waals surface area (Å²) >= 11 is 2.01. The number of hydrogen-bond acceptors (Lipinski definition) is 2. The van der Waals surface area contributed by atoms with Crippen molar-refractivity contribution in [2.24, 2.45) is 0 Å². The van der Waals surface area contributed by atoms with Gasteiger partial charge in [-0.15, -0.1) is 0 Å². The van der Waals surface area contributed by atoms with Crippen molar-refractivity contribution in [3.8, 4) is 0 Å². The number of hydrogen-bond donors (Lipinski definition) is 2. The summed E-state index contributed by atoms with van der Waals surface area (Å²) < 4.78 is 0.777. The lowest BCUT2D eigenvalue weighted by Crippen LogP contribution is -2.10. The Kier molecular flexibility index (Phi) is 4.07. The first kappa shape index (κ1) is 12.0. The van der Waals surface area contributed by atoms with Gasteiger partial charge in [0.05, 0.1) is 5.56 Å². The number of amides is 1. The Bertz CT molecular complexity index is 404. The van der Waals surface area contributed by atoms with Crippen LogP contribution < -0.4 is 5.32 Å². The maximum Gasteiger partial charge on any atom is 0.335 e. The van der Waals surface area contributed by atoms with Crippen molar-refractivity contribution in [3.63, 3.8) is 0 Å². The van der Waals surface area contributed by atoms with E-state index in [9.17, 15) is 9.59 Å². The van der Waals surface area contributed by atoms with Crippen LogP contribution in [0, 0.1) is 3.57 Å². The molecule has 80 valence electrons. The summed E-state index contributed by atoms with van der Waals surface area (Å²) in [6, 6.07) is 4.71. The first-order chi connectivity index (χ1) is 7.02. The predicted octanol–water partition coefficient (Wildman–Crippen LogP) is 2.34. The van der Waals surface area contributed by atoms with Crippen molar-refractivity contribution in [1.82, 2.24) is 0 Å². The lowest BCUT2D eigenvalue weighted by atomic mass is 10.2. The van der Waals surface area contributed by atoms with E-state index in [0.29, 0.717) is 12.1 Å². The number of nitrogens with one attached hydrogen (secondary N) is 1. The Morgan fingerprint density at radius 3 is 2.60 bits per heavy atom. The van der Waals surface area contributed by atoms with Crippen molar-refractivity contribution < 1.29 is 14.7 Å². The van der Waals surface area contributed by atoms with E-state index in [2.05, 4.69) is 5.32 Å². The molecule has 2 N–H and O–H groups in total. The minimum absolute atomic E-state index is 0.131. The lowest BCUT2D eigenvalue weighted by molar-refractivity contribution is -0.115. The van der Waals surface area contributed by atoms with Gasteiger partial charge in [-0.2, -0.15) is 0 Å². The molecule has 0 bridgehead atoms. The summed E-state index contributed by atoms with van der Waals surface area (Å²) in [5, 5.41) is 11.4. The fourth-order valence-corrected chi connectivity index (χ4v) is 1.71. The molecule has 0 saturated carbocycles. The highest BCUT2D eigenvalue weighted by Crippen LogP contribution is 2.17. The summed E-state index contributed by atoms with van der Waals surface area (Å²) in [5.41, 5.74) is 0.694. The molecule has 15 heavy (non-hydrogen) atoms. The van der Waals surface area contributed by atoms with Crippen molar-refractivity contribution in [3.05, 3.63) is 27.3 Å². The van der Waals surface area contributed by atoms with Crippen LogP contribution >= 0.6 is 22.6 Å². The van der Waals surface area contributed by atoms with E-state index in [0.717, 1.165) is 3.57 Å². The standard InChI is InChI=1S/C10H10INO3/c1-2-9(13)12-8-4-6(10(14)15)3-7(11)5-8/h3-5H,2H2,1H3,(H,12,13)(H,14,15). The number of benzene rings is 1. The van der Waals surface area contributed by atoms with Gasteiger partial charge in [0.2, 0.25) is 5.91 Å². The molecule has 1 amide bonds. The number of carboxylic acid groups (broad SMARTS) is 1. The number of aromatic carboxylic acids is 1. The summed E-state index contributed by atoms with van der Waals surface area (Å²) in [6.07, 6.45) is 0.369. The zero-order valence-corrected chi connectivity index (χ0v) is 10.2. The first-order valence-corrected chi connectivity index (χ1v) is 5.44. The Labute approximate surface area is 101 Å². The molecule has 0 unspecified atom stereocenters. The lowest BCUT2D eigenvalue weighted by Gasteiger charge is -2.05. The molecular weight excluding hydrogens is 309 g/mol. The summed E-state index contributed by atoms with van der Waals surface area (Å²) in [7, 11) is 0. The van der Waals surface area contributed by atoms with Gasteiger partial charge in [-0.05, 0) is 40.8 Å². The maximum atomic E-state index is 11.1. The Balaban J connectivity index is 2.98. The summed E-state index contributed by atoms with van der Waals surface area (Å²) in [5.74, 6) is -1.13. The van der Waals surface area contributed by atoms with Crippen LogP contribution in [0.15, 0.2) is 18.2 Å². The fraction of sp³-hybridized carbons (Fsp3) is 0.200. The van der Waals surface area contributed by atoms with Crippen LogP contribution in [0.1, 0.15) is 23.7 Å². The highest BCUT2D eigenvalue weighted by atomic mass is 127. The molecule has 0 fully saturated rings. The average molecular weight is 319 g/mol. The number of carbonyl (C=O) groups is 2. The molecule has 0 atom stereocenters. The number of carbonyl (C=O) groups excluding carboxylic acids is 1. The SMILES string of the molecule is CCC(=O)Nc1cc(I)cc(C(=O)O)c1. The highest BCUT2D eigenvalue weighted by molar-refractivity contribution is 14.1. The second-order valence-electron chi connectivity index (χ2n) is 2.94. The molecule has 0 aliphatic carbocycles. The quantitative estimate of drug-likeness (QED) is 0.841. The fourth-order valence-electron chi connectivity index (χ4n) is 1.03. The maximum absolute atomic E-state index is 11.1. The van der Waals surface area contributed by atoms with E-state index in [1.54, 1.807) is 19.1 Å². The molecule has 1 aromatic rings. The number of carboxylic acids is 1. The third-order valence-corrected chi connectivity index (χ3v) is 2.37. The molecule has 0 saturated heterocycles. The van der Waals surface area contributed by atoms with Gasteiger partial charge in [-0.1, -0.05) is 6.92 Å². The Hall–Kier alpha value is -1.11. The largest absolute Gasteiger partial charge is 0.478 e. The van der Waals surface area contributed by atoms with E-state index >= 15 is 0 Å². The van der Waals surface area contributed by atoms with E-state index in [1.807, 2.05) is 22.6 Å². The topological polar surface area (TPSA) is 66.4 Å². The normalized spacial score (nSPS) is 9.73. The predicted molar refractivity (Wildman–Crippen MR) is 65.0 cm³/mol. The van der Waals surface area contributed by atoms with Gasteiger partial charge in [-0.25, -0.2) is 4.79 Å². The van der Waals surface area contributed by atoms with Crippen LogP contribution in [0.4, 0.5) is 5.69 Å². The molecule has 0 aromatic heterocycles. The van der Waals surface area contributed by atoms with E-state index in [-0.39, 0.29) is 11.5 Å². The molecule has 1 rings (SSSR count). The van der Waals surface area contributed by atoms with Crippen LogP contribution in [0.5, 0.6) is 0 Å². The van der Waals surface area contributed by atoms with Gasteiger partial charge in [-0.3, -0.25) is 4.79 Å². The first-order valence-electron chi connectivity index (χ1n) is 4.36. The minimum Gasteiger partial charge on any atom is -0.478 e. The average Bonchev–Trinajstić information content (AvgIpc) is 2.16. The van der Waals surface area contributed by atoms with Gasteiger partial charge < -0.3 is 10.4 Å². The van der Waals surface area contributed by atoms with Gasteiger partial charge in [0.25, 0.3) is 0 Å². The second kappa shape index (κ2) is 5.11. The summed E-state index contributed by atoms with van der Waals surface area (Å²) in [4.78, 5) is 21.9. The van der Waals surface area contributed by atoms with Crippen LogP contribution in [0.2, 0.25) is 0 Å². The van der Waals surface area contributed by atoms with E-state index in [1.165, 1.54) is 6.07 Å². The Morgan fingerprint density at radius 1 is 1.40 bits per heavy atom. The third-order valence-electron chi connectivity index (χ3n) is 1.75. The van der Waals surface area contributed by atoms with Crippen LogP contribution in [0.25, 0.3) is 0 Å².